The molecule has 2 aliphatic rings. The van der Waals surface area contributed by atoms with E-state index in [0.29, 0.717) is 43.3 Å². The lowest BCUT2D eigenvalue weighted by Crippen LogP contribution is -2.40. The van der Waals surface area contributed by atoms with Crippen LogP contribution in [0.3, 0.4) is 0 Å². The number of fused-ring (bicyclic) bond motifs is 2. The van der Waals surface area contributed by atoms with E-state index in [-0.39, 0.29) is 28.2 Å². The van der Waals surface area contributed by atoms with E-state index in [9.17, 15) is 14.4 Å². The Hall–Kier alpha value is -3.70. The zero-order valence-electron chi connectivity index (χ0n) is 21.3. The molecule has 3 heterocycles. The number of halogens is 1. The maximum atomic E-state index is 14.1. The largest absolute Gasteiger partial charge is 0.493 e. The smallest absolute Gasteiger partial charge is 0.338 e. The first-order chi connectivity index (χ1) is 18.2. The molecule has 2 aliphatic heterocycles. The van der Waals surface area contributed by atoms with E-state index in [4.69, 9.17) is 14.2 Å². The zero-order chi connectivity index (χ0) is 27.3. The summed E-state index contributed by atoms with van der Waals surface area (Å²) in [6.07, 6.45) is 0. The molecule has 3 aromatic rings. The third-order valence-corrected chi connectivity index (χ3v) is 8.18. The molecular formula is C27H24BrN3O6S. The summed E-state index contributed by atoms with van der Waals surface area (Å²) in [5.41, 5.74) is 3.32. The molecule has 1 atom stereocenters. The van der Waals surface area contributed by atoms with Crippen LogP contribution in [0.25, 0.3) is 5.57 Å². The van der Waals surface area contributed by atoms with Gasteiger partial charge in [0.1, 0.15) is 4.53 Å². The van der Waals surface area contributed by atoms with Gasteiger partial charge in [-0.3, -0.25) is 14.2 Å². The van der Waals surface area contributed by atoms with E-state index in [0.717, 1.165) is 16.9 Å². The van der Waals surface area contributed by atoms with Gasteiger partial charge < -0.3 is 19.5 Å². The second kappa shape index (κ2) is 9.88. The fraction of sp³-hybridized carbons (Fsp3) is 0.259. The summed E-state index contributed by atoms with van der Waals surface area (Å²) in [5, 5.41) is 2.84. The van der Waals surface area contributed by atoms with Crippen LogP contribution in [0.4, 0.5) is 5.69 Å². The van der Waals surface area contributed by atoms with Crippen LogP contribution in [-0.4, -0.2) is 37.3 Å². The molecule has 2 aromatic carbocycles. The number of aryl methyl sites for hydroxylation is 1. The first-order valence-corrected chi connectivity index (χ1v) is 13.4. The van der Waals surface area contributed by atoms with Crippen LogP contribution in [0, 0.1) is 6.92 Å². The molecule has 38 heavy (non-hydrogen) atoms. The van der Waals surface area contributed by atoms with Crippen molar-refractivity contribution in [3.05, 3.63) is 82.5 Å². The van der Waals surface area contributed by atoms with Crippen molar-refractivity contribution < 1.29 is 23.8 Å². The lowest BCUT2D eigenvalue weighted by Gasteiger charge is -2.26. The number of methoxy groups -OCH3 is 2. The average Bonchev–Trinajstić information content (AvgIpc) is 3.37. The Morgan fingerprint density at radius 2 is 1.84 bits per heavy atom. The molecule has 0 radical (unpaired) electrons. The highest BCUT2D eigenvalue weighted by Gasteiger charge is 2.36. The van der Waals surface area contributed by atoms with Crippen LogP contribution in [0.15, 0.2) is 55.9 Å². The number of nitrogens with one attached hydrogen (secondary N) is 1. The number of carbonyl (C=O) groups is 2. The van der Waals surface area contributed by atoms with E-state index in [1.165, 1.54) is 18.8 Å². The molecule has 0 spiro atoms. The van der Waals surface area contributed by atoms with Gasteiger partial charge in [0, 0.05) is 15.7 Å². The number of hydrogen-bond acceptors (Lipinski definition) is 8. The van der Waals surface area contributed by atoms with Gasteiger partial charge in [0.05, 0.1) is 43.7 Å². The zero-order valence-corrected chi connectivity index (χ0v) is 23.7. The van der Waals surface area contributed by atoms with Gasteiger partial charge in [-0.05, 0) is 50.6 Å². The normalized spacial score (nSPS) is 17.4. The molecule has 1 amide bonds. The van der Waals surface area contributed by atoms with Gasteiger partial charge in [0.15, 0.2) is 16.3 Å². The Balaban J connectivity index is 1.85. The van der Waals surface area contributed by atoms with Crippen LogP contribution in [0.1, 0.15) is 36.6 Å². The van der Waals surface area contributed by atoms with Crippen molar-refractivity contribution in [2.75, 3.05) is 26.1 Å². The Morgan fingerprint density at radius 1 is 1.13 bits per heavy atom. The second-order valence-electron chi connectivity index (χ2n) is 8.73. The molecule has 0 bridgehead atoms. The van der Waals surface area contributed by atoms with Gasteiger partial charge in [-0.1, -0.05) is 38.9 Å². The van der Waals surface area contributed by atoms with E-state index in [1.54, 1.807) is 26.0 Å². The Morgan fingerprint density at radius 3 is 2.53 bits per heavy atom. The minimum Gasteiger partial charge on any atom is -0.493 e. The first-order valence-electron chi connectivity index (χ1n) is 11.8. The molecule has 196 valence electrons. The molecule has 0 saturated heterocycles. The van der Waals surface area contributed by atoms with Crippen molar-refractivity contribution >= 4 is 50.4 Å². The average molecular weight is 598 g/mol. The van der Waals surface area contributed by atoms with Crippen molar-refractivity contribution in [1.82, 2.24) is 4.57 Å². The summed E-state index contributed by atoms with van der Waals surface area (Å²) >= 11 is 4.70. The van der Waals surface area contributed by atoms with Gasteiger partial charge in [0.2, 0.25) is 0 Å². The number of ether oxygens (including phenoxy) is 3. The van der Waals surface area contributed by atoms with Crippen LogP contribution in [0.2, 0.25) is 0 Å². The van der Waals surface area contributed by atoms with Crippen molar-refractivity contribution in [1.29, 1.82) is 0 Å². The number of nitrogens with zero attached hydrogens (tertiary/aromatic N) is 2. The molecular weight excluding hydrogens is 574 g/mol. The quantitative estimate of drug-likeness (QED) is 0.452. The fourth-order valence-corrected chi connectivity index (χ4v) is 6.40. The van der Waals surface area contributed by atoms with Crippen LogP contribution in [-0.2, 0) is 14.3 Å². The van der Waals surface area contributed by atoms with Crippen molar-refractivity contribution in [2.24, 2.45) is 4.99 Å². The van der Waals surface area contributed by atoms with Crippen LogP contribution in [0.5, 0.6) is 11.5 Å². The van der Waals surface area contributed by atoms with Gasteiger partial charge in [-0.2, -0.15) is 0 Å². The van der Waals surface area contributed by atoms with Crippen LogP contribution < -0.4 is 29.7 Å². The van der Waals surface area contributed by atoms with Gasteiger partial charge in [-0.25, -0.2) is 9.79 Å². The molecule has 11 heteroatoms. The molecule has 1 aromatic heterocycles. The van der Waals surface area contributed by atoms with Gasteiger partial charge in [-0.15, -0.1) is 0 Å². The Kier molecular flexibility index (Phi) is 6.74. The van der Waals surface area contributed by atoms with Crippen molar-refractivity contribution in [2.45, 2.75) is 26.8 Å². The van der Waals surface area contributed by atoms with E-state index in [2.05, 4.69) is 26.2 Å². The minimum absolute atomic E-state index is 0.153. The number of anilines is 1. The summed E-state index contributed by atoms with van der Waals surface area (Å²) in [6.45, 7) is 5.49. The summed E-state index contributed by atoms with van der Waals surface area (Å²) in [5.74, 6) is -0.0437. The topological polar surface area (TPSA) is 108 Å². The predicted molar refractivity (Wildman–Crippen MR) is 146 cm³/mol. The number of hydrogen-bond donors (Lipinski definition) is 1. The molecule has 0 fully saturated rings. The highest BCUT2D eigenvalue weighted by Crippen LogP contribution is 2.41. The molecule has 0 aliphatic carbocycles. The van der Waals surface area contributed by atoms with E-state index < -0.39 is 17.6 Å². The Labute approximate surface area is 230 Å². The molecule has 9 nitrogen and oxygen atoms in total. The molecule has 0 saturated carbocycles. The number of esters is 1. The lowest BCUT2D eigenvalue weighted by atomic mass is 9.95. The van der Waals surface area contributed by atoms with E-state index >= 15 is 0 Å². The number of aromatic nitrogens is 1. The summed E-state index contributed by atoms with van der Waals surface area (Å²) in [7, 11) is 3.03. The van der Waals surface area contributed by atoms with E-state index in [1.807, 2.05) is 25.1 Å². The monoisotopic (exact) mass is 597 g/mol. The number of carbonyl (C=O) groups excluding carboxylic acids is 2. The number of rotatable bonds is 5. The summed E-state index contributed by atoms with van der Waals surface area (Å²) in [6, 6.07) is 8.13. The first kappa shape index (κ1) is 25.9. The SMILES string of the molecule is CCOC(=O)C1=C(C)N=c2s/c(=C3\C(=O)Nc4ccc(C)cc43)c(=O)n2[C@@H]1c1cc(OC)c(OC)cc1Br. The highest BCUT2D eigenvalue weighted by molar-refractivity contribution is 9.10. The Bertz CT molecular complexity index is 1740. The summed E-state index contributed by atoms with van der Waals surface area (Å²) < 4.78 is 18.6. The number of amides is 1. The maximum Gasteiger partial charge on any atom is 0.338 e. The fourth-order valence-electron chi connectivity index (χ4n) is 4.72. The van der Waals surface area contributed by atoms with Gasteiger partial charge >= 0.3 is 5.97 Å². The minimum atomic E-state index is -0.893. The third-order valence-electron chi connectivity index (χ3n) is 6.44. The molecule has 0 unspecified atom stereocenters. The second-order valence-corrected chi connectivity index (χ2v) is 10.6. The number of thiazole rings is 1. The number of benzene rings is 2. The molecule has 1 N–H and O–H groups in total. The standard InChI is InChI=1S/C27H24BrN3O6S/c1-6-37-26(34)20-13(3)29-27-31(22(20)14-10-18(35-4)19(36-5)11-16(14)28)25(33)23(38-27)21-15-9-12(2)7-8-17(15)30-24(21)32/h7-11,22H,6H2,1-5H3,(H,30,32)/b23-21-/t22-/m1/s1. The number of allylic oxidation sites excluding steroid dienone is 1. The third kappa shape index (κ3) is 4.06. The van der Waals surface area contributed by atoms with Crippen LogP contribution >= 0.6 is 27.3 Å². The van der Waals surface area contributed by atoms with Crippen molar-refractivity contribution in [3.8, 4) is 11.5 Å². The molecule has 5 rings (SSSR count). The van der Waals surface area contributed by atoms with Gasteiger partial charge in [0.25, 0.3) is 11.5 Å². The highest BCUT2D eigenvalue weighted by atomic mass is 79.9. The summed E-state index contributed by atoms with van der Waals surface area (Å²) in [4.78, 5) is 45.4. The predicted octanol–water partition coefficient (Wildman–Crippen LogP) is 3.21. The maximum absolute atomic E-state index is 14.1. The lowest BCUT2D eigenvalue weighted by molar-refractivity contribution is -0.139. The van der Waals surface area contributed by atoms with Crippen molar-refractivity contribution in [3.63, 3.8) is 0 Å².